The first-order valence-electron chi connectivity index (χ1n) is 8.80. The lowest BCUT2D eigenvalue weighted by atomic mass is 10.2. The van der Waals surface area contributed by atoms with Gasteiger partial charge in [0.1, 0.15) is 5.69 Å². The number of carbonyl (C=O) groups is 1. The van der Waals surface area contributed by atoms with Crippen LogP contribution in [0.2, 0.25) is 0 Å². The molecule has 1 aliphatic carbocycles. The number of anilines is 1. The zero-order valence-corrected chi connectivity index (χ0v) is 15.9. The molecule has 2 aromatic rings. The number of alkyl halides is 3. The lowest BCUT2D eigenvalue weighted by molar-refractivity contribution is -0.137. The predicted octanol–water partition coefficient (Wildman–Crippen LogP) is 2.87. The van der Waals surface area contributed by atoms with Crippen molar-refractivity contribution in [1.82, 2.24) is 9.71 Å². The smallest absolute Gasteiger partial charge is 0.327 e. The van der Waals surface area contributed by atoms with Crippen molar-refractivity contribution in [1.29, 1.82) is 0 Å². The number of nitrogens with one attached hydrogen (secondary N) is 3. The number of H-pyrrole nitrogens is 1. The molecule has 3 N–H and O–H groups in total. The standard InChI is InChI=1S/C18H18F3N3O4S/c19-18(20,21)12-9-15(17(26)22-10-12)23-16(25)11-4-3-7-14(8-11)29(27,28)24-13-5-1-2-6-13/h3-4,7-10,13,24H,1-2,5-6H2,(H,22,26)(H,23,25). The number of sulfonamides is 1. The quantitative estimate of drug-likeness (QED) is 0.679. The summed E-state index contributed by atoms with van der Waals surface area (Å²) >= 11 is 0. The lowest BCUT2D eigenvalue weighted by Gasteiger charge is -2.13. The predicted molar refractivity (Wildman–Crippen MR) is 99.0 cm³/mol. The molecule has 7 nitrogen and oxygen atoms in total. The average molecular weight is 429 g/mol. The SMILES string of the molecule is O=C(Nc1cc(C(F)(F)F)c[nH]c1=O)c1cccc(S(=O)(=O)NC2CCCC2)c1. The van der Waals surface area contributed by atoms with Gasteiger partial charge in [-0.1, -0.05) is 18.9 Å². The molecular weight excluding hydrogens is 411 g/mol. The van der Waals surface area contributed by atoms with Crippen LogP contribution in [-0.4, -0.2) is 25.4 Å². The first-order valence-corrected chi connectivity index (χ1v) is 10.3. The summed E-state index contributed by atoms with van der Waals surface area (Å²) in [5, 5.41) is 2.09. The molecule has 1 amide bonds. The number of benzene rings is 1. The van der Waals surface area contributed by atoms with Crippen LogP contribution in [-0.2, 0) is 16.2 Å². The zero-order chi connectivity index (χ0) is 21.2. The van der Waals surface area contributed by atoms with E-state index >= 15 is 0 Å². The van der Waals surface area contributed by atoms with Gasteiger partial charge in [-0.25, -0.2) is 13.1 Å². The van der Waals surface area contributed by atoms with Crippen molar-refractivity contribution in [3.05, 3.63) is 58.0 Å². The van der Waals surface area contributed by atoms with Gasteiger partial charge in [-0.05, 0) is 37.1 Å². The summed E-state index contributed by atoms with van der Waals surface area (Å²) in [7, 11) is -3.85. The van der Waals surface area contributed by atoms with Crippen LogP contribution in [0.25, 0.3) is 0 Å². The number of halogens is 3. The average Bonchev–Trinajstić information content (AvgIpc) is 3.15. The molecule has 1 heterocycles. The molecule has 0 radical (unpaired) electrons. The minimum Gasteiger partial charge on any atom is -0.327 e. The Morgan fingerprint density at radius 3 is 2.48 bits per heavy atom. The molecular formula is C18H18F3N3O4S. The molecule has 0 atom stereocenters. The third-order valence-electron chi connectivity index (χ3n) is 4.56. The van der Waals surface area contributed by atoms with Crippen molar-refractivity contribution >= 4 is 21.6 Å². The van der Waals surface area contributed by atoms with Gasteiger partial charge in [0.2, 0.25) is 10.0 Å². The second-order valence-corrected chi connectivity index (χ2v) is 8.43. The van der Waals surface area contributed by atoms with Gasteiger partial charge in [0.25, 0.3) is 11.5 Å². The molecule has 0 bridgehead atoms. The van der Waals surface area contributed by atoms with Crippen molar-refractivity contribution in [2.75, 3.05) is 5.32 Å². The van der Waals surface area contributed by atoms with E-state index in [9.17, 15) is 31.2 Å². The Labute approximate surface area is 164 Å². The summed E-state index contributed by atoms with van der Waals surface area (Å²) in [5.41, 5.74) is -2.76. The van der Waals surface area contributed by atoms with Crippen LogP contribution in [0.1, 0.15) is 41.6 Å². The molecule has 1 aromatic heterocycles. The molecule has 1 saturated carbocycles. The molecule has 3 rings (SSSR count). The number of pyridine rings is 1. The summed E-state index contributed by atoms with van der Waals surface area (Å²) in [6.07, 6.45) is -0.874. The van der Waals surface area contributed by atoms with Gasteiger partial charge in [-0.15, -0.1) is 0 Å². The molecule has 11 heteroatoms. The largest absolute Gasteiger partial charge is 0.417 e. The van der Waals surface area contributed by atoms with E-state index in [0.29, 0.717) is 12.3 Å². The van der Waals surface area contributed by atoms with E-state index < -0.39 is 38.9 Å². The maximum Gasteiger partial charge on any atom is 0.417 e. The van der Waals surface area contributed by atoms with Crippen molar-refractivity contribution in [2.24, 2.45) is 0 Å². The van der Waals surface area contributed by atoms with Gasteiger partial charge in [0, 0.05) is 17.8 Å². The fourth-order valence-electron chi connectivity index (χ4n) is 3.07. The molecule has 0 spiro atoms. The highest BCUT2D eigenvalue weighted by molar-refractivity contribution is 7.89. The topological polar surface area (TPSA) is 108 Å². The van der Waals surface area contributed by atoms with E-state index in [2.05, 4.69) is 10.0 Å². The first kappa shape index (κ1) is 21.1. The van der Waals surface area contributed by atoms with E-state index in [1.54, 1.807) is 0 Å². The van der Waals surface area contributed by atoms with Gasteiger partial charge in [0.15, 0.2) is 0 Å². The van der Waals surface area contributed by atoms with Gasteiger partial charge >= 0.3 is 6.18 Å². The number of hydrogen-bond donors (Lipinski definition) is 3. The van der Waals surface area contributed by atoms with Gasteiger partial charge in [-0.3, -0.25) is 9.59 Å². The van der Waals surface area contributed by atoms with Crippen LogP contribution in [0.4, 0.5) is 18.9 Å². The maximum absolute atomic E-state index is 12.8. The fourth-order valence-corrected chi connectivity index (χ4v) is 4.42. The Balaban J connectivity index is 1.82. The van der Waals surface area contributed by atoms with Gasteiger partial charge in [-0.2, -0.15) is 13.2 Å². The minimum atomic E-state index is -4.70. The Morgan fingerprint density at radius 2 is 1.83 bits per heavy atom. The maximum atomic E-state index is 12.8. The Morgan fingerprint density at radius 1 is 1.14 bits per heavy atom. The van der Waals surface area contributed by atoms with Crippen LogP contribution in [0.15, 0.2) is 46.2 Å². The molecule has 29 heavy (non-hydrogen) atoms. The summed E-state index contributed by atoms with van der Waals surface area (Å²) < 4.78 is 66.0. The third-order valence-corrected chi connectivity index (χ3v) is 6.08. The van der Waals surface area contributed by atoms with Crippen LogP contribution in [0, 0.1) is 0 Å². The minimum absolute atomic E-state index is 0.115. The molecule has 1 aliphatic rings. The third kappa shape index (κ3) is 5.04. The zero-order valence-electron chi connectivity index (χ0n) is 15.0. The second kappa shape index (κ2) is 7.99. The number of amides is 1. The second-order valence-electron chi connectivity index (χ2n) is 6.71. The number of aromatic amines is 1. The molecule has 0 saturated heterocycles. The van der Waals surface area contributed by atoms with Gasteiger partial charge < -0.3 is 10.3 Å². The molecule has 0 aliphatic heterocycles. The Bertz CT molecular complexity index is 1070. The highest BCUT2D eigenvalue weighted by atomic mass is 32.2. The molecule has 1 fully saturated rings. The van der Waals surface area contributed by atoms with Crippen LogP contribution in [0.5, 0.6) is 0 Å². The van der Waals surface area contributed by atoms with E-state index in [0.717, 1.165) is 31.7 Å². The van der Waals surface area contributed by atoms with Crippen molar-refractivity contribution < 1.29 is 26.4 Å². The lowest BCUT2D eigenvalue weighted by Crippen LogP contribution is -2.32. The highest BCUT2D eigenvalue weighted by Crippen LogP contribution is 2.29. The van der Waals surface area contributed by atoms with Crippen molar-refractivity contribution in [3.63, 3.8) is 0 Å². The van der Waals surface area contributed by atoms with E-state index in [-0.39, 0.29) is 16.5 Å². The molecule has 1 aromatic carbocycles. The number of aromatic nitrogens is 1. The van der Waals surface area contributed by atoms with E-state index in [1.807, 2.05) is 4.98 Å². The first-order chi connectivity index (χ1) is 13.6. The number of hydrogen-bond acceptors (Lipinski definition) is 4. The highest BCUT2D eigenvalue weighted by Gasteiger charge is 2.31. The Kier molecular flexibility index (Phi) is 5.80. The molecule has 156 valence electrons. The monoisotopic (exact) mass is 429 g/mol. The normalized spacial score (nSPS) is 15.4. The summed E-state index contributed by atoms with van der Waals surface area (Å²) in [4.78, 5) is 25.9. The van der Waals surface area contributed by atoms with Crippen molar-refractivity contribution in [3.8, 4) is 0 Å². The van der Waals surface area contributed by atoms with Crippen molar-refractivity contribution in [2.45, 2.75) is 42.8 Å². The van der Waals surface area contributed by atoms with Crippen LogP contribution >= 0.6 is 0 Å². The number of carbonyl (C=O) groups excluding carboxylic acids is 1. The number of rotatable bonds is 5. The van der Waals surface area contributed by atoms with E-state index in [4.69, 9.17) is 0 Å². The summed E-state index contributed by atoms with van der Waals surface area (Å²) in [6, 6.07) is 5.40. The fraction of sp³-hybridized carbons (Fsp3) is 0.333. The van der Waals surface area contributed by atoms with Gasteiger partial charge in [0.05, 0.1) is 10.5 Å². The van der Waals surface area contributed by atoms with Crippen LogP contribution in [0.3, 0.4) is 0 Å². The van der Waals surface area contributed by atoms with Crippen LogP contribution < -0.4 is 15.6 Å². The molecule has 0 unspecified atom stereocenters. The Hall–Kier alpha value is -2.66. The van der Waals surface area contributed by atoms with E-state index in [1.165, 1.54) is 18.2 Å². The summed E-state index contributed by atoms with van der Waals surface area (Å²) in [6.45, 7) is 0. The summed E-state index contributed by atoms with van der Waals surface area (Å²) in [5.74, 6) is -0.909.